The van der Waals surface area contributed by atoms with Gasteiger partial charge in [-0.05, 0) is 40.7 Å². The summed E-state index contributed by atoms with van der Waals surface area (Å²) in [6, 6.07) is 1.99. The zero-order chi connectivity index (χ0) is 15.0. The van der Waals surface area contributed by atoms with Gasteiger partial charge in [-0.25, -0.2) is 0 Å². The van der Waals surface area contributed by atoms with Crippen LogP contribution in [-0.4, -0.2) is 30.3 Å². The predicted octanol–water partition coefficient (Wildman–Crippen LogP) is 3.08. The first kappa shape index (κ1) is 16.9. The van der Waals surface area contributed by atoms with Gasteiger partial charge in [-0.3, -0.25) is 4.98 Å². The quantitative estimate of drug-likeness (QED) is 0.743. The van der Waals surface area contributed by atoms with Gasteiger partial charge in [0.15, 0.2) is 0 Å². The summed E-state index contributed by atoms with van der Waals surface area (Å²) < 4.78 is 11.5. The summed E-state index contributed by atoms with van der Waals surface area (Å²) in [5, 5.41) is 3.37. The van der Waals surface area contributed by atoms with E-state index in [1.807, 2.05) is 40.0 Å². The number of ether oxygens (including phenoxy) is 2. The van der Waals surface area contributed by atoms with E-state index in [1.165, 1.54) is 0 Å². The van der Waals surface area contributed by atoms with E-state index < -0.39 is 0 Å². The smallest absolute Gasteiger partial charge is 0.127 e. The van der Waals surface area contributed by atoms with Crippen molar-refractivity contribution in [3.63, 3.8) is 0 Å². The van der Waals surface area contributed by atoms with Crippen LogP contribution in [0.4, 0.5) is 0 Å². The number of aromatic nitrogens is 1. The molecule has 1 heterocycles. The molecule has 4 heteroatoms. The molecule has 1 aromatic rings. The van der Waals surface area contributed by atoms with Crippen molar-refractivity contribution >= 4 is 0 Å². The van der Waals surface area contributed by atoms with Crippen LogP contribution in [0, 0.1) is 6.92 Å². The highest BCUT2D eigenvalue weighted by Gasteiger charge is 2.10. The molecule has 0 saturated carbocycles. The molecule has 1 rings (SSSR count). The second-order valence-electron chi connectivity index (χ2n) is 5.92. The highest BCUT2D eigenvalue weighted by molar-refractivity contribution is 5.32. The summed E-state index contributed by atoms with van der Waals surface area (Å²) in [5.41, 5.74) is 1.94. The van der Waals surface area contributed by atoms with Gasteiger partial charge >= 0.3 is 0 Å². The van der Waals surface area contributed by atoms with Crippen LogP contribution in [0.5, 0.6) is 5.75 Å². The Morgan fingerprint density at radius 3 is 2.65 bits per heavy atom. The van der Waals surface area contributed by atoms with E-state index in [9.17, 15) is 0 Å². The van der Waals surface area contributed by atoms with Crippen molar-refractivity contribution in [1.29, 1.82) is 0 Å². The molecular weight excluding hydrogens is 252 g/mol. The fourth-order valence-electron chi connectivity index (χ4n) is 1.73. The van der Waals surface area contributed by atoms with Gasteiger partial charge in [0.05, 0.1) is 12.2 Å². The van der Waals surface area contributed by atoms with Crippen LogP contribution in [0.2, 0.25) is 0 Å². The number of aryl methyl sites for hydroxylation is 1. The van der Waals surface area contributed by atoms with E-state index in [2.05, 4.69) is 17.2 Å². The van der Waals surface area contributed by atoms with Crippen molar-refractivity contribution in [2.24, 2.45) is 0 Å². The molecule has 0 aliphatic carbocycles. The highest BCUT2D eigenvalue weighted by atomic mass is 16.5. The number of nitrogens with zero attached hydrogens (tertiary/aromatic N) is 1. The summed E-state index contributed by atoms with van der Waals surface area (Å²) >= 11 is 0. The summed E-state index contributed by atoms with van der Waals surface area (Å²) in [6.45, 7) is 13.2. The van der Waals surface area contributed by atoms with Crippen LogP contribution >= 0.6 is 0 Å². The van der Waals surface area contributed by atoms with Gasteiger partial charge in [-0.2, -0.15) is 0 Å². The Labute approximate surface area is 122 Å². The van der Waals surface area contributed by atoms with E-state index in [0.717, 1.165) is 36.5 Å². The highest BCUT2D eigenvalue weighted by Crippen LogP contribution is 2.18. The molecule has 1 N–H and O–H groups in total. The Morgan fingerprint density at radius 2 is 2.00 bits per heavy atom. The zero-order valence-corrected chi connectivity index (χ0v) is 13.5. The molecule has 114 valence electrons. The molecule has 0 fully saturated rings. The largest absolute Gasteiger partial charge is 0.491 e. The zero-order valence-electron chi connectivity index (χ0n) is 13.5. The fraction of sp³-hybridized carbons (Fsp3) is 0.688. The molecule has 4 nitrogen and oxygen atoms in total. The third-order valence-electron chi connectivity index (χ3n) is 2.70. The van der Waals surface area contributed by atoms with Crippen LogP contribution in [-0.2, 0) is 11.3 Å². The Balaban J connectivity index is 2.51. The lowest BCUT2D eigenvalue weighted by molar-refractivity contribution is -0.0164. The number of hydrogen-bond donors (Lipinski definition) is 1. The SMILES string of the molecule is CCCNCc1cnc(C)cc1OCCOC(C)(C)C. The Morgan fingerprint density at radius 1 is 1.25 bits per heavy atom. The number of pyridine rings is 1. The van der Waals surface area contributed by atoms with E-state index in [4.69, 9.17) is 9.47 Å². The lowest BCUT2D eigenvalue weighted by Crippen LogP contribution is -2.23. The van der Waals surface area contributed by atoms with Crippen molar-refractivity contribution in [2.45, 2.75) is 53.2 Å². The minimum atomic E-state index is -0.122. The number of rotatable bonds is 8. The van der Waals surface area contributed by atoms with E-state index >= 15 is 0 Å². The van der Waals surface area contributed by atoms with Crippen LogP contribution in [0.1, 0.15) is 45.4 Å². The molecule has 0 spiro atoms. The Kier molecular flexibility index (Phi) is 6.96. The molecule has 0 aromatic carbocycles. The van der Waals surface area contributed by atoms with Crippen molar-refractivity contribution in [2.75, 3.05) is 19.8 Å². The molecule has 0 unspecified atom stereocenters. The van der Waals surface area contributed by atoms with Crippen LogP contribution in [0.25, 0.3) is 0 Å². The van der Waals surface area contributed by atoms with Gasteiger partial charge in [0.2, 0.25) is 0 Å². The summed E-state index contributed by atoms with van der Waals surface area (Å²) in [4.78, 5) is 4.33. The predicted molar refractivity (Wildman–Crippen MR) is 82.2 cm³/mol. The molecule has 0 aliphatic heterocycles. The molecule has 1 aromatic heterocycles. The minimum absolute atomic E-state index is 0.122. The van der Waals surface area contributed by atoms with Crippen molar-refractivity contribution in [1.82, 2.24) is 10.3 Å². The first-order valence-corrected chi connectivity index (χ1v) is 7.35. The monoisotopic (exact) mass is 280 g/mol. The van der Waals surface area contributed by atoms with Gasteiger partial charge in [0.1, 0.15) is 12.4 Å². The average molecular weight is 280 g/mol. The Bertz CT molecular complexity index is 400. The van der Waals surface area contributed by atoms with Crippen molar-refractivity contribution < 1.29 is 9.47 Å². The third-order valence-corrected chi connectivity index (χ3v) is 2.70. The number of nitrogens with one attached hydrogen (secondary N) is 1. The third kappa shape index (κ3) is 6.87. The average Bonchev–Trinajstić information content (AvgIpc) is 2.36. The molecular formula is C16H28N2O2. The maximum Gasteiger partial charge on any atom is 0.127 e. The summed E-state index contributed by atoms with van der Waals surface area (Å²) in [6.07, 6.45) is 3.01. The van der Waals surface area contributed by atoms with Gasteiger partial charge in [0.25, 0.3) is 0 Å². The van der Waals surface area contributed by atoms with Crippen molar-refractivity contribution in [3.8, 4) is 5.75 Å². The van der Waals surface area contributed by atoms with Crippen LogP contribution in [0.15, 0.2) is 12.3 Å². The second-order valence-corrected chi connectivity index (χ2v) is 5.92. The van der Waals surface area contributed by atoms with Gasteiger partial charge in [0, 0.05) is 30.1 Å². The number of hydrogen-bond acceptors (Lipinski definition) is 4. The fourth-order valence-corrected chi connectivity index (χ4v) is 1.73. The van der Waals surface area contributed by atoms with Crippen LogP contribution < -0.4 is 10.1 Å². The molecule has 0 bridgehead atoms. The topological polar surface area (TPSA) is 43.4 Å². The normalized spacial score (nSPS) is 11.7. The lowest BCUT2D eigenvalue weighted by Gasteiger charge is -2.20. The van der Waals surface area contributed by atoms with Gasteiger partial charge < -0.3 is 14.8 Å². The standard InChI is InChI=1S/C16H28N2O2/c1-6-7-17-11-14-12-18-13(2)10-15(14)19-8-9-20-16(3,4)5/h10,12,17H,6-9,11H2,1-5H3. The van der Waals surface area contributed by atoms with Gasteiger partial charge in [-0.1, -0.05) is 6.92 Å². The second kappa shape index (κ2) is 8.22. The maximum atomic E-state index is 5.84. The first-order chi connectivity index (χ1) is 9.42. The lowest BCUT2D eigenvalue weighted by atomic mass is 10.2. The molecule has 20 heavy (non-hydrogen) atoms. The van der Waals surface area contributed by atoms with Crippen LogP contribution in [0.3, 0.4) is 0 Å². The van der Waals surface area contributed by atoms with Gasteiger partial charge in [-0.15, -0.1) is 0 Å². The first-order valence-electron chi connectivity index (χ1n) is 7.35. The molecule has 0 saturated heterocycles. The van der Waals surface area contributed by atoms with E-state index in [1.54, 1.807) is 0 Å². The summed E-state index contributed by atoms with van der Waals surface area (Å²) in [5.74, 6) is 0.901. The molecule has 0 radical (unpaired) electrons. The maximum absolute atomic E-state index is 5.84. The molecule has 0 atom stereocenters. The van der Waals surface area contributed by atoms with Crippen molar-refractivity contribution in [3.05, 3.63) is 23.5 Å². The summed E-state index contributed by atoms with van der Waals surface area (Å²) in [7, 11) is 0. The molecule has 0 aliphatic rings. The minimum Gasteiger partial charge on any atom is -0.491 e. The van der Waals surface area contributed by atoms with E-state index in [-0.39, 0.29) is 5.60 Å². The molecule has 0 amide bonds. The Hall–Kier alpha value is -1.13. The van der Waals surface area contributed by atoms with E-state index in [0.29, 0.717) is 13.2 Å².